The number of likely N-dealkylation sites (N-methyl/N-ethyl adjacent to an activating group) is 1. The first-order valence-corrected chi connectivity index (χ1v) is 11.7. The topological polar surface area (TPSA) is 43.9 Å². The summed E-state index contributed by atoms with van der Waals surface area (Å²) in [4.78, 5) is 33.1. The molecule has 0 bridgehead atoms. The van der Waals surface area contributed by atoms with Gasteiger partial charge in [0.1, 0.15) is 6.54 Å². The molecule has 0 spiro atoms. The molecular formula is C22H28ClN3O2S. The zero-order chi connectivity index (χ0) is 20.4. The van der Waals surface area contributed by atoms with Crippen LogP contribution in [0.3, 0.4) is 0 Å². The predicted molar refractivity (Wildman–Crippen MR) is 119 cm³/mol. The van der Waals surface area contributed by atoms with Crippen LogP contribution in [0.4, 0.5) is 0 Å². The first-order chi connectivity index (χ1) is 14.0. The van der Waals surface area contributed by atoms with Crippen molar-refractivity contribution >= 4 is 41.3 Å². The molecule has 4 rings (SSSR count). The van der Waals surface area contributed by atoms with Gasteiger partial charge in [-0.15, -0.1) is 11.8 Å². The highest BCUT2D eigenvalue weighted by Gasteiger charge is 2.41. The number of nitrogens with zero attached hydrogens (tertiary/aromatic N) is 3. The van der Waals surface area contributed by atoms with Crippen LogP contribution in [0, 0.1) is 0 Å². The highest BCUT2D eigenvalue weighted by atomic mass is 35.5. The van der Waals surface area contributed by atoms with Gasteiger partial charge in [0.05, 0.1) is 4.91 Å². The molecule has 0 N–H and O–H groups in total. The molecule has 156 valence electrons. The number of fused-ring (bicyclic) bond motifs is 1. The molecule has 29 heavy (non-hydrogen) atoms. The van der Waals surface area contributed by atoms with Crippen molar-refractivity contribution in [3.8, 4) is 0 Å². The fourth-order valence-corrected chi connectivity index (χ4v) is 6.08. The van der Waals surface area contributed by atoms with Gasteiger partial charge in [-0.2, -0.15) is 0 Å². The lowest BCUT2D eigenvalue weighted by molar-refractivity contribution is -0.141. The molecule has 0 radical (unpaired) electrons. The summed E-state index contributed by atoms with van der Waals surface area (Å²) in [6, 6.07) is 7.71. The predicted octanol–water partition coefficient (Wildman–Crippen LogP) is 3.34. The van der Waals surface area contributed by atoms with Crippen LogP contribution in [0.2, 0.25) is 5.02 Å². The Labute approximate surface area is 182 Å². The van der Waals surface area contributed by atoms with Gasteiger partial charge in [-0.3, -0.25) is 9.59 Å². The van der Waals surface area contributed by atoms with Crippen molar-refractivity contribution in [3.05, 3.63) is 39.8 Å². The standard InChI is InChI=1S/C22H28ClN3O2S/c1-24-9-11-25(12-10-24)21(27)15-26-18-7-2-3-8-19(18)29-20(22(26)28)14-16-5-4-6-17(23)13-16/h4-6,13-14,18-19H,2-3,7-12,15H2,1H3/b20-14+. The Balaban J connectivity index is 1.55. The smallest absolute Gasteiger partial charge is 0.261 e. The van der Waals surface area contributed by atoms with Crippen LogP contribution in [0.1, 0.15) is 31.2 Å². The Kier molecular flexibility index (Phi) is 6.52. The van der Waals surface area contributed by atoms with E-state index >= 15 is 0 Å². The number of amides is 2. The molecule has 5 nitrogen and oxygen atoms in total. The van der Waals surface area contributed by atoms with Gasteiger partial charge in [0.2, 0.25) is 5.91 Å². The second kappa shape index (κ2) is 9.11. The van der Waals surface area contributed by atoms with E-state index < -0.39 is 0 Å². The van der Waals surface area contributed by atoms with Gasteiger partial charge in [-0.1, -0.05) is 36.6 Å². The number of carbonyl (C=O) groups is 2. The average Bonchev–Trinajstić information content (AvgIpc) is 2.71. The summed E-state index contributed by atoms with van der Waals surface area (Å²) in [6.45, 7) is 3.46. The number of halogens is 1. The van der Waals surface area contributed by atoms with E-state index in [1.807, 2.05) is 40.1 Å². The minimum absolute atomic E-state index is 0.0133. The molecule has 7 heteroatoms. The van der Waals surface area contributed by atoms with Crippen molar-refractivity contribution in [1.82, 2.24) is 14.7 Å². The number of piperazine rings is 1. The number of hydrogen-bond acceptors (Lipinski definition) is 4. The maximum Gasteiger partial charge on any atom is 0.261 e. The summed E-state index contributed by atoms with van der Waals surface area (Å²) in [5.41, 5.74) is 0.924. The van der Waals surface area contributed by atoms with Gasteiger partial charge in [0, 0.05) is 42.5 Å². The zero-order valence-electron chi connectivity index (χ0n) is 16.8. The maximum absolute atomic E-state index is 13.4. The van der Waals surface area contributed by atoms with E-state index in [4.69, 9.17) is 11.6 Å². The van der Waals surface area contributed by atoms with Crippen molar-refractivity contribution < 1.29 is 9.59 Å². The van der Waals surface area contributed by atoms with E-state index in [1.54, 1.807) is 11.8 Å². The number of hydrogen-bond donors (Lipinski definition) is 0. The summed E-state index contributed by atoms with van der Waals surface area (Å²) < 4.78 is 0. The molecule has 0 aromatic heterocycles. The van der Waals surface area contributed by atoms with Crippen molar-refractivity contribution in [1.29, 1.82) is 0 Å². The van der Waals surface area contributed by atoms with Gasteiger partial charge >= 0.3 is 0 Å². The minimum atomic E-state index is -0.0133. The lowest BCUT2D eigenvalue weighted by atomic mass is 9.93. The zero-order valence-corrected chi connectivity index (χ0v) is 18.4. The molecule has 1 aliphatic carbocycles. The summed E-state index contributed by atoms with van der Waals surface area (Å²) >= 11 is 7.80. The third-order valence-electron chi connectivity index (χ3n) is 6.13. The van der Waals surface area contributed by atoms with Crippen molar-refractivity contribution in [2.75, 3.05) is 39.8 Å². The van der Waals surface area contributed by atoms with Crippen LogP contribution in [-0.2, 0) is 9.59 Å². The van der Waals surface area contributed by atoms with E-state index in [2.05, 4.69) is 11.9 Å². The molecular weight excluding hydrogens is 406 g/mol. The Morgan fingerprint density at radius 3 is 2.72 bits per heavy atom. The average molecular weight is 434 g/mol. The second-order valence-corrected chi connectivity index (χ2v) is 9.91. The molecule has 2 saturated heterocycles. The molecule has 2 atom stereocenters. The first-order valence-electron chi connectivity index (χ1n) is 10.4. The maximum atomic E-state index is 13.4. The van der Waals surface area contributed by atoms with E-state index in [1.165, 1.54) is 6.42 Å². The van der Waals surface area contributed by atoms with Gasteiger partial charge in [0.15, 0.2) is 0 Å². The largest absolute Gasteiger partial charge is 0.339 e. The van der Waals surface area contributed by atoms with Crippen LogP contribution in [0.25, 0.3) is 6.08 Å². The van der Waals surface area contributed by atoms with E-state index in [0.29, 0.717) is 10.3 Å². The lowest BCUT2D eigenvalue weighted by Crippen LogP contribution is -2.56. The van der Waals surface area contributed by atoms with E-state index in [0.717, 1.165) is 55.9 Å². The normalized spacial score (nSPS) is 27.2. The molecule has 2 amide bonds. The van der Waals surface area contributed by atoms with Crippen LogP contribution < -0.4 is 0 Å². The van der Waals surface area contributed by atoms with Gasteiger partial charge in [-0.25, -0.2) is 0 Å². The Bertz CT molecular complexity index is 807. The minimum Gasteiger partial charge on any atom is -0.339 e. The highest BCUT2D eigenvalue weighted by molar-refractivity contribution is 8.04. The van der Waals surface area contributed by atoms with Crippen molar-refractivity contribution in [2.24, 2.45) is 0 Å². The van der Waals surface area contributed by atoms with Crippen LogP contribution >= 0.6 is 23.4 Å². The third kappa shape index (κ3) is 4.81. The Hall–Kier alpha value is -1.50. The summed E-state index contributed by atoms with van der Waals surface area (Å²) in [6.07, 6.45) is 6.32. The monoisotopic (exact) mass is 433 g/mol. The fraction of sp³-hybridized carbons (Fsp3) is 0.545. The fourth-order valence-electron chi connectivity index (χ4n) is 4.41. The molecule has 2 unspecified atom stereocenters. The number of carbonyl (C=O) groups excluding carboxylic acids is 2. The summed E-state index contributed by atoms with van der Waals surface area (Å²) in [7, 11) is 2.08. The Morgan fingerprint density at radius 1 is 1.21 bits per heavy atom. The summed E-state index contributed by atoms with van der Waals surface area (Å²) in [5, 5.41) is 1.03. The SMILES string of the molecule is CN1CCN(C(=O)CN2C(=O)/C(=C\c3cccc(Cl)c3)SC3CCCCC32)CC1. The lowest BCUT2D eigenvalue weighted by Gasteiger charge is -2.44. The van der Waals surface area contributed by atoms with Crippen LogP contribution in [-0.4, -0.2) is 77.6 Å². The van der Waals surface area contributed by atoms with E-state index in [9.17, 15) is 9.59 Å². The molecule has 3 fully saturated rings. The van der Waals surface area contributed by atoms with Crippen LogP contribution in [0.15, 0.2) is 29.2 Å². The third-order valence-corrected chi connectivity index (χ3v) is 7.76. The van der Waals surface area contributed by atoms with Crippen LogP contribution in [0.5, 0.6) is 0 Å². The summed E-state index contributed by atoms with van der Waals surface area (Å²) in [5.74, 6) is 0.0605. The number of benzene rings is 1. The quantitative estimate of drug-likeness (QED) is 0.686. The van der Waals surface area contributed by atoms with Gasteiger partial charge in [0.25, 0.3) is 5.91 Å². The second-order valence-electron chi connectivity index (χ2n) is 8.19. The molecule has 1 saturated carbocycles. The molecule has 3 aliphatic rings. The molecule has 2 aliphatic heterocycles. The van der Waals surface area contributed by atoms with Gasteiger partial charge < -0.3 is 14.7 Å². The highest BCUT2D eigenvalue weighted by Crippen LogP contribution is 2.42. The number of rotatable bonds is 3. The molecule has 2 heterocycles. The molecule has 1 aromatic carbocycles. The van der Waals surface area contributed by atoms with Crippen molar-refractivity contribution in [2.45, 2.75) is 37.0 Å². The molecule has 1 aromatic rings. The number of thioether (sulfide) groups is 1. The van der Waals surface area contributed by atoms with E-state index in [-0.39, 0.29) is 24.4 Å². The first kappa shape index (κ1) is 20.8. The Morgan fingerprint density at radius 2 is 1.97 bits per heavy atom. The van der Waals surface area contributed by atoms with Gasteiger partial charge in [-0.05, 0) is 43.7 Å². The van der Waals surface area contributed by atoms with Crippen molar-refractivity contribution in [3.63, 3.8) is 0 Å².